The van der Waals surface area contributed by atoms with Crippen LogP contribution in [0.5, 0.6) is 11.6 Å². The van der Waals surface area contributed by atoms with E-state index in [0.29, 0.717) is 17.4 Å². The lowest BCUT2D eigenvalue weighted by atomic mass is 9.95. The molecule has 1 amide bonds. The van der Waals surface area contributed by atoms with Gasteiger partial charge in [0.05, 0.1) is 14.2 Å². The standard InChI is InChI=1S/C23H31N3O3/c1-25(23(27)20-8-6-13-24-22(20)29-3)17-18-10-14-26(15-11-18)16-12-19-7-4-5-9-21(19)28-2/h4-9,13,18H,10-12,14-17H2,1-3H3. The third-order valence-corrected chi connectivity index (χ3v) is 5.67. The molecule has 0 N–H and O–H groups in total. The second-order valence-corrected chi connectivity index (χ2v) is 7.59. The number of carbonyl (C=O) groups excluding carboxylic acids is 1. The number of carbonyl (C=O) groups is 1. The number of ether oxygens (including phenoxy) is 2. The Labute approximate surface area is 173 Å². The summed E-state index contributed by atoms with van der Waals surface area (Å²) in [6.45, 7) is 3.93. The van der Waals surface area contributed by atoms with Gasteiger partial charge < -0.3 is 19.3 Å². The fourth-order valence-corrected chi connectivity index (χ4v) is 3.97. The maximum atomic E-state index is 12.8. The minimum Gasteiger partial charge on any atom is -0.496 e. The van der Waals surface area contributed by atoms with Crippen LogP contribution in [0.3, 0.4) is 0 Å². The van der Waals surface area contributed by atoms with Crippen LogP contribution in [0.4, 0.5) is 0 Å². The largest absolute Gasteiger partial charge is 0.496 e. The topological polar surface area (TPSA) is 54.9 Å². The Morgan fingerprint density at radius 3 is 2.62 bits per heavy atom. The summed E-state index contributed by atoms with van der Waals surface area (Å²) in [5.74, 6) is 1.84. The fraction of sp³-hybridized carbons (Fsp3) is 0.478. The minimum atomic E-state index is -0.0337. The summed E-state index contributed by atoms with van der Waals surface area (Å²) in [5, 5.41) is 0. The van der Waals surface area contributed by atoms with Crippen molar-refractivity contribution in [2.24, 2.45) is 5.92 Å². The maximum absolute atomic E-state index is 12.8. The van der Waals surface area contributed by atoms with E-state index >= 15 is 0 Å². The molecule has 0 atom stereocenters. The quantitative estimate of drug-likeness (QED) is 0.685. The van der Waals surface area contributed by atoms with E-state index in [4.69, 9.17) is 9.47 Å². The number of nitrogens with zero attached hydrogens (tertiary/aromatic N) is 3. The van der Waals surface area contributed by atoms with Crippen molar-refractivity contribution in [3.8, 4) is 11.6 Å². The van der Waals surface area contributed by atoms with E-state index in [9.17, 15) is 4.79 Å². The summed E-state index contributed by atoms with van der Waals surface area (Å²) < 4.78 is 10.7. The molecule has 2 heterocycles. The molecule has 0 bridgehead atoms. The number of likely N-dealkylation sites (tertiary alicyclic amines) is 1. The Balaban J connectivity index is 1.46. The highest BCUT2D eigenvalue weighted by molar-refractivity contribution is 5.96. The highest BCUT2D eigenvalue weighted by Gasteiger charge is 2.24. The molecule has 156 valence electrons. The second-order valence-electron chi connectivity index (χ2n) is 7.59. The van der Waals surface area contributed by atoms with Crippen LogP contribution in [0.2, 0.25) is 0 Å². The number of aromatic nitrogens is 1. The number of rotatable bonds is 8. The molecule has 0 radical (unpaired) electrons. The lowest BCUT2D eigenvalue weighted by molar-refractivity contribution is 0.0736. The van der Waals surface area contributed by atoms with Gasteiger partial charge in [0.1, 0.15) is 11.3 Å². The van der Waals surface area contributed by atoms with Gasteiger partial charge in [-0.3, -0.25) is 4.79 Å². The molecule has 0 spiro atoms. The molecule has 29 heavy (non-hydrogen) atoms. The number of amides is 1. The molecular weight excluding hydrogens is 366 g/mol. The number of methoxy groups -OCH3 is 2. The summed E-state index contributed by atoms with van der Waals surface area (Å²) >= 11 is 0. The average molecular weight is 398 g/mol. The Morgan fingerprint density at radius 2 is 1.90 bits per heavy atom. The van der Waals surface area contributed by atoms with E-state index in [1.807, 2.05) is 19.2 Å². The zero-order valence-corrected chi connectivity index (χ0v) is 17.6. The summed E-state index contributed by atoms with van der Waals surface area (Å²) in [6.07, 6.45) is 4.84. The van der Waals surface area contributed by atoms with Gasteiger partial charge in [-0.05, 0) is 62.0 Å². The Kier molecular flexibility index (Phi) is 7.47. The van der Waals surface area contributed by atoms with Crippen molar-refractivity contribution in [1.82, 2.24) is 14.8 Å². The minimum absolute atomic E-state index is 0.0337. The van der Waals surface area contributed by atoms with Crippen molar-refractivity contribution >= 4 is 5.91 Å². The first-order chi connectivity index (χ1) is 14.1. The van der Waals surface area contributed by atoms with Crippen LogP contribution < -0.4 is 9.47 Å². The van der Waals surface area contributed by atoms with E-state index in [-0.39, 0.29) is 5.91 Å². The molecule has 1 aromatic heterocycles. The predicted molar refractivity (Wildman–Crippen MR) is 114 cm³/mol. The fourth-order valence-electron chi connectivity index (χ4n) is 3.97. The summed E-state index contributed by atoms with van der Waals surface area (Å²) in [6, 6.07) is 11.8. The van der Waals surface area contributed by atoms with E-state index in [1.54, 1.807) is 37.4 Å². The molecule has 1 aliphatic heterocycles. The van der Waals surface area contributed by atoms with Crippen LogP contribution in [0.15, 0.2) is 42.6 Å². The molecule has 1 saturated heterocycles. The Hall–Kier alpha value is -2.60. The van der Waals surface area contributed by atoms with Crippen molar-refractivity contribution < 1.29 is 14.3 Å². The van der Waals surface area contributed by atoms with Gasteiger partial charge in [-0.15, -0.1) is 0 Å². The predicted octanol–water partition coefficient (Wildman–Crippen LogP) is 3.13. The van der Waals surface area contributed by atoms with Gasteiger partial charge in [0.25, 0.3) is 5.91 Å². The summed E-state index contributed by atoms with van der Waals surface area (Å²) in [7, 11) is 5.13. The van der Waals surface area contributed by atoms with Crippen LogP contribution in [0.25, 0.3) is 0 Å². The molecule has 6 nitrogen and oxygen atoms in total. The van der Waals surface area contributed by atoms with Gasteiger partial charge in [-0.2, -0.15) is 0 Å². The lowest BCUT2D eigenvalue weighted by Gasteiger charge is -2.34. The molecule has 1 fully saturated rings. The zero-order chi connectivity index (χ0) is 20.6. The number of hydrogen-bond donors (Lipinski definition) is 0. The maximum Gasteiger partial charge on any atom is 0.259 e. The van der Waals surface area contributed by atoms with Crippen molar-refractivity contribution in [2.75, 3.05) is 47.4 Å². The number of pyridine rings is 1. The molecule has 1 aromatic carbocycles. The monoisotopic (exact) mass is 397 g/mol. The van der Waals surface area contributed by atoms with E-state index in [0.717, 1.165) is 51.2 Å². The first-order valence-corrected chi connectivity index (χ1v) is 10.2. The Bertz CT molecular complexity index is 803. The third kappa shape index (κ3) is 5.48. The number of hydrogen-bond acceptors (Lipinski definition) is 5. The van der Waals surface area contributed by atoms with E-state index in [2.05, 4.69) is 22.0 Å². The van der Waals surface area contributed by atoms with Gasteiger partial charge >= 0.3 is 0 Å². The van der Waals surface area contributed by atoms with Crippen molar-refractivity contribution in [3.63, 3.8) is 0 Å². The van der Waals surface area contributed by atoms with Gasteiger partial charge in [0.15, 0.2) is 0 Å². The van der Waals surface area contributed by atoms with Crippen LogP contribution in [0.1, 0.15) is 28.8 Å². The highest BCUT2D eigenvalue weighted by Crippen LogP contribution is 2.22. The smallest absolute Gasteiger partial charge is 0.259 e. The van der Waals surface area contributed by atoms with Crippen molar-refractivity contribution in [2.45, 2.75) is 19.3 Å². The molecule has 2 aromatic rings. The van der Waals surface area contributed by atoms with Crippen LogP contribution in [-0.4, -0.2) is 68.1 Å². The lowest BCUT2D eigenvalue weighted by Crippen LogP contribution is -2.40. The molecular formula is C23H31N3O3. The first-order valence-electron chi connectivity index (χ1n) is 10.2. The van der Waals surface area contributed by atoms with Crippen LogP contribution >= 0.6 is 0 Å². The summed E-state index contributed by atoms with van der Waals surface area (Å²) in [4.78, 5) is 21.2. The molecule has 1 aliphatic rings. The molecule has 6 heteroatoms. The SMILES string of the molecule is COc1ccccc1CCN1CCC(CN(C)C(=O)c2cccnc2OC)CC1. The first kappa shape index (κ1) is 21.1. The highest BCUT2D eigenvalue weighted by atomic mass is 16.5. The van der Waals surface area contributed by atoms with Gasteiger partial charge in [0, 0.05) is 26.3 Å². The number of piperidine rings is 1. The van der Waals surface area contributed by atoms with Crippen LogP contribution in [-0.2, 0) is 6.42 Å². The molecule has 3 rings (SSSR count). The van der Waals surface area contributed by atoms with Gasteiger partial charge in [-0.25, -0.2) is 4.98 Å². The molecule has 0 aliphatic carbocycles. The molecule has 0 saturated carbocycles. The number of para-hydroxylation sites is 1. The van der Waals surface area contributed by atoms with Crippen molar-refractivity contribution in [1.29, 1.82) is 0 Å². The molecule has 0 unspecified atom stereocenters. The Morgan fingerprint density at radius 1 is 1.14 bits per heavy atom. The second kappa shape index (κ2) is 10.3. The third-order valence-electron chi connectivity index (χ3n) is 5.67. The van der Waals surface area contributed by atoms with E-state index < -0.39 is 0 Å². The van der Waals surface area contributed by atoms with Gasteiger partial charge in [0.2, 0.25) is 5.88 Å². The van der Waals surface area contributed by atoms with E-state index in [1.165, 1.54) is 5.56 Å². The van der Waals surface area contributed by atoms with Crippen LogP contribution in [0, 0.1) is 5.92 Å². The van der Waals surface area contributed by atoms with Gasteiger partial charge in [-0.1, -0.05) is 18.2 Å². The van der Waals surface area contributed by atoms with Crippen molar-refractivity contribution in [3.05, 3.63) is 53.7 Å². The summed E-state index contributed by atoms with van der Waals surface area (Å²) in [5.41, 5.74) is 1.78. The normalized spacial score (nSPS) is 15.1. The average Bonchev–Trinajstić information content (AvgIpc) is 2.78. The number of benzene rings is 1. The zero-order valence-electron chi connectivity index (χ0n) is 17.6.